The first-order valence-electron chi connectivity index (χ1n) is 8.67. The van der Waals surface area contributed by atoms with Crippen molar-refractivity contribution in [2.24, 2.45) is 0 Å². The van der Waals surface area contributed by atoms with E-state index in [2.05, 4.69) is 20.6 Å². The highest BCUT2D eigenvalue weighted by molar-refractivity contribution is 5.95. The Morgan fingerprint density at radius 3 is 2.60 bits per heavy atom. The number of hydrogen-bond acceptors (Lipinski definition) is 5. The van der Waals surface area contributed by atoms with Crippen LogP contribution in [0.5, 0.6) is 5.75 Å². The number of anilines is 1. The van der Waals surface area contributed by atoms with E-state index in [9.17, 15) is 4.79 Å². The lowest BCUT2D eigenvalue weighted by Crippen LogP contribution is -2.33. The molecule has 0 aliphatic heterocycles. The number of nitrogens with one attached hydrogen (secondary N) is 2. The Hall–Kier alpha value is -2.63. The summed E-state index contributed by atoms with van der Waals surface area (Å²) in [6, 6.07) is 8.10. The van der Waals surface area contributed by atoms with E-state index in [1.165, 1.54) is 12.8 Å². The van der Waals surface area contributed by atoms with Crippen molar-refractivity contribution in [3.05, 3.63) is 47.3 Å². The third-order valence-electron chi connectivity index (χ3n) is 4.52. The molecule has 1 amide bonds. The van der Waals surface area contributed by atoms with E-state index in [1.54, 1.807) is 13.3 Å². The van der Waals surface area contributed by atoms with Crippen LogP contribution < -0.4 is 15.4 Å². The smallest absolute Gasteiger partial charge is 0.254 e. The summed E-state index contributed by atoms with van der Waals surface area (Å²) in [7, 11) is 1.65. The maximum Gasteiger partial charge on any atom is 0.254 e. The predicted molar refractivity (Wildman–Crippen MR) is 96.8 cm³/mol. The van der Waals surface area contributed by atoms with Crippen LogP contribution in [-0.4, -0.2) is 29.0 Å². The topological polar surface area (TPSA) is 76.1 Å². The first-order valence-corrected chi connectivity index (χ1v) is 8.67. The molecule has 2 N–H and O–H groups in total. The Kier molecular flexibility index (Phi) is 5.48. The van der Waals surface area contributed by atoms with Gasteiger partial charge in [-0.1, -0.05) is 25.0 Å². The van der Waals surface area contributed by atoms with Gasteiger partial charge in [0, 0.05) is 18.8 Å². The summed E-state index contributed by atoms with van der Waals surface area (Å²) in [5.74, 6) is 1.27. The van der Waals surface area contributed by atoms with Gasteiger partial charge in [-0.2, -0.15) is 0 Å². The second-order valence-corrected chi connectivity index (χ2v) is 6.35. The lowest BCUT2D eigenvalue weighted by Gasteiger charge is -2.13. The minimum absolute atomic E-state index is 0.0777. The predicted octanol–water partition coefficient (Wildman–Crippen LogP) is 3.08. The summed E-state index contributed by atoms with van der Waals surface area (Å²) < 4.78 is 5.15. The van der Waals surface area contributed by atoms with Crippen LogP contribution in [0.1, 0.15) is 47.3 Å². The molecule has 132 valence electrons. The Morgan fingerprint density at radius 2 is 1.96 bits per heavy atom. The molecule has 1 fully saturated rings. The normalized spacial score (nSPS) is 14.3. The molecular formula is C19H24N4O2. The number of carbonyl (C=O) groups is 1. The highest BCUT2D eigenvalue weighted by Gasteiger charge is 2.19. The van der Waals surface area contributed by atoms with Crippen molar-refractivity contribution in [3.63, 3.8) is 0 Å². The van der Waals surface area contributed by atoms with Crippen LogP contribution in [0.25, 0.3) is 0 Å². The summed E-state index contributed by atoms with van der Waals surface area (Å²) in [5, 5.41) is 6.26. The Bertz CT molecular complexity index is 725. The van der Waals surface area contributed by atoms with Crippen LogP contribution in [-0.2, 0) is 6.54 Å². The summed E-state index contributed by atoms with van der Waals surface area (Å²) >= 11 is 0. The average Bonchev–Trinajstić information content (AvgIpc) is 3.13. The highest BCUT2D eigenvalue weighted by atomic mass is 16.5. The number of carbonyl (C=O) groups excluding carboxylic acids is 1. The molecule has 1 heterocycles. The quantitative estimate of drug-likeness (QED) is 0.845. The van der Waals surface area contributed by atoms with Gasteiger partial charge in [-0.15, -0.1) is 0 Å². The van der Waals surface area contributed by atoms with Gasteiger partial charge in [-0.25, -0.2) is 9.97 Å². The number of benzene rings is 1. The van der Waals surface area contributed by atoms with Gasteiger partial charge in [0.05, 0.1) is 18.4 Å². The minimum atomic E-state index is -0.0777. The van der Waals surface area contributed by atoms with Crippen molar-refractivity contribution < 1.29 is 9.53 Å². The molecule has 6 nitrogen and oxygen atoms in total. The number of methoxy groups -OCH3 is 1. The molecule has 0 bridgehead atoms. The fourth-order valence-corrected chi connectivity index (χ4v) is 3.03. The second-order valence-electron chi connectivity index (χ2n) is 6.35. The van der Waals surface area contributed by atoms with Crippen LogP contribution in [0.2, 0.25) is 0 Å². The molecule has 1 aliphatic carbocycles. The van der Waals surface area contributed by atoms with Gasteiger partial charge >= 0.3 is 0 Å². The Labute approximate surface area is 148 Å². The minimum Gasteiger partial charge on any atom is -0.497 e. The highest BCUT2D eigenvalue weighted by Crippen LogP contribution is 2.18. The summed E-state index contributed by atoms with van der Waals surface area (Å²) in [5.41, 5.74) is 2.33. The SMILES string of the molecule is COc1ccc(CNc2ncc(C(=O)NC3CCCC3)c(C)n2)cc1. The number of nitrogens with zero attached hydrogens (tertiary/aromatic N) is 2. The first-order chi connectivity index (χ1) is 12.2. The number of amides is 1. The summed E-state index contributed by atoms with van der Waals surface area (Å²) in [4.78, 5) is 21.0. The van der Waals surface area contributed by atoms with E-state index >= 15 is 0 Å². The average molecular weight is 340 g/mol. The molecule has 0 spiro atoms. The first kappa shape index (κ1) is 17.2. The van der Waals surface area contributed by atoms with Gasteiger partial charge in [-0.3, -0.25) is 4.79 Å². The molecule has 1 saturated carbocycles. The van der Waals surface area contributed by atoms with Gasteiger partial charge in [0.1, 0.15) is 5.75 Å². The van der Waals surface area contributed by atoms with Crippen LogP contribution in [0.15, 0.2) is 30.5 Å². The molecule has 2 aromatic rings. The van der Waals surface area contributed by atoms with Gasteiger partial charge in [0.2, 0.25) is 5.95 Å². The zero-order valence-electron chi connectivity index (χ0n) is 14.7. The molecule has 1 aromatic carbocycles. The maximum atomic E-state index is 12.3. The maximum absolute atomic E-state index is 12.3. The molecule has 3 rings (SSSR count). The number of ether oxygens (including phenoxy) is 1. The van der Waals surface area contributed by atoms with Crippen LogP contribution >= 0.6 is 0 Å². The van der Waals surface area contributed by atoms with E-state index in [0.29, 0.717) is 29.8 Å². The Balaban J connectivity index is 1.59. The van der Waals surface area contributed by atoms with E-state index in [4.69, 9.17) is 4.74 Å². The fourth-order valence-electron chi connectivity index (χ4n) is 3.03. The third-order valence-corrected chi connectivity index (χ3v) is 4.52. The largest absolute Gasteiger partial charge is 0.497 e. The van der Waals surface area contributed by atoms with Crippen molar-refractivity contribution >= 4 is 11.9 Å². The van der Waals surface area contributed by atoms with Crippen molar-refractivity contribution in [1.82, 2.24) is 15.3 Å². The van der Waals surface area contributed by atoms with Crippen LogP contribution in [0.4, 0.5) is 5.95 Å². The molecule has 0 unspecified atom stereocenters. The molecular weight excluding hydrogens is 316 g/mol. The molecule has 25 heavy (non-hydrogen) atoms. The Morgan fingerprint density at radius 1 is 1.24 bits per heavy atom. The van der Waals surface area contributed by atoms with Crippen molar-refractivity contribution in [2.75, 3.05) is 12.4 Å². The molecule has 0 atom stereocenters. The van der Waals surface area contributed by atoms with Gasteiger partial charge in [-0.05, 0) is 37.5 Å². The van der Waals surface area contributed by atoms with Crippen molar-refractivity contribution in [3.8, 4) is 5.75 Å². The zero-order chi connectivity index (χ0) is 17.6. The van der Waals surface area contributed by atoms with Crippen LogP contribution in [0.3, 0.4) is 0 Å². The number of aryl methyl sites for hydroxylation is 1. The lowest BCUT2D eigenvalue weighted by molar-refractivity contribution is 0.0936. The number of rotatable bonds is 6. The molecule has 0 saturated heterocycles. The summed E-state index contributed by atoms with van der Waals surface area (Å²) in [6.45, 7) is 2.45. The van der Waals surface area contributed by atoms with Gasteiger partial charge in [0.15, 0.2) is 0 Å². The fraction of sp³-hybridized carbons (Fsp3) is 0.421. The number of hydrogen-bond donors (Lipinski definition) is 2. The summed E-state index contributed by atoms with van der Waals surface area (Å²) in [6.07, 6.45) is 6.10. The van der Waals surface area contributed by atoms with Crippen LogP contribution in [0, 0.1) is 6.92 Å². The van der Waals surface area contributed by atoms with Gasteiger partial charge < -0.3 is 15.4 Å². The van der Waals surface area contributed by atoms with E-state index in [-0.39, 0.29) is 5.91 Å². The van der Waals surface area contributed by atoms with E-state index in [0.717, 1.165) is 24.2 Å². The second kappa shape index (κ2) is 7.96. The van der Waals surface area contributed by atoms with Crippen molar-refractivity contribution in [1.29, 1.82) is 0 Å². The molecule has 0 radical (unpaired) electrons. The zero-order valence-corrected chi connectivity index (χ0v) is 14.7. The van der Waals surface area contributed by atoms with Crippen molar-refractivity contribution in [2.45, 2.75) is 45.2 Å². The monoisotopic (exact) mass is 340 g/mol. The van der Waals surface area contributed by atoms with E-state index in [1.807, 2.05) is 31.2 Å². The molecule has 1 aromatic heterocycles. The molecule has 6 heteroatoms. The standard InChI is InChI=1S/C19H24N4O2/c1-13-17(18(24)23-15-5-3-4-6-15)12-21-19(22-13)20-11-14-7-9-16(25-2)10-8-14/h7-10,12,15H,3-6,11H2,1-2H3,(H,23,24)(H,20,21,22). The molecule has 1 aliphatic rings. The number of aromatic nitrogens is 2. The lowest BCUT2D eigenvalue weighted by atomic mass is 10.2. The third kappa shape index (κ3) is 4.47. The van der Waals surface area contributed by atoms with Gasteiger partial charge in [0.25, 0.3) is 5.91 Å². The van der Waals surface area contributed by atoms with E-state index < -0.39 is 0 Å².